The third-order valence-corrected chi connectivity index (χ3v) is 3.72. The zero-order valence-electron chi connectivity index (χ0n) is 13.4. The fourth-order valence-electron chi connectivity index (χ4n) is 2.56. The Morgan fingerprint density at radius 2 is 2.08 bits per heavy atom. The highest BCUT2D eigenvalue weighted by atomic mass is 16.5. The number of methoxy groups -OCH3 is 1. The van der Waals surface area contributed by atoms with E-state index in [-0.39, 0.29) is 5.75 Å². The summed E-state index contributed by atoms with van der Waals surface area (Å²) in [4.78, 5) is 8.90. The van der Waals surface area contributed by atoms with Gasteiger partial charge >= 0.3 is 0 Å². The van der Waals surface area contributed by atoms with E-state index in [0.29, 0.717) is 17.7 Å². The maximum Gasteiger partial charge on any atom is 0.166 e. The van der Waals surface area contributed by atoms with Gasteiger partial charge in [0.25, 0.3) is 0 Å². The molecule has 3 aromatic rings. The molecule has 0 fully saturated rings. The van der Waals surface area contributed by atoms with Crippen molar-refractivity contribution in [3.05, 3.63) is 72.4 Å². The summed E-state index contributed by atoms with van der Waals surface area (Å²) in [6.45, 7) is 3.75. The average molecular weight is 318 g/mol. The Morgan fingerprint density at radius 3 is 2.88 bits per heavy atom. The summed E-state index contributed by atoms with van der Waals surface area (Å²) < 4.78 is 5.24. The van der Waals surface area contributed by atoms with Gasteiger partial charge in [-0.05, 0) is 36.2 Å². The molecule has 1 heterocycles. The lowest BCUT2D eigenvalue weighted by Gasteiger charge is -2.09. The number of rotatable bonds is 5. The molecule has 120 valence electrons. The molecule has 1 aromatic heterocycles. The molecule has 4 nitrogen and oxygen atoms in total. The summed E-state index contributed by atoms with van der Waals surface area (Å²) in [5.74, 6) is 0.495. The Morgan fingerprint density at radius 1 is 1.25 bits per heavy atom. The highest BCUT2D eigenvalue weighted by molar-refractivity contribution is 5.93. The van der Waals surface area contributed by atoms with E-state index in [0.717, 1.165) is 22.2 Å². The molecule has 0 radical (unpaired) electrons. The fraction of sp³-hybridized carbons (Fsp3) is 0.100. The molecular formula is C20H18N2O2. The van der Waals surface area contributed by atoms with Gasteiger partial charge in [-0.25, -0.2) is 0 Å². The van der Waals surface area contributed by atoms with Crippen LogP contribution in [0.2, 0.25) is 0 Å². The molecule has 1 N–H and O–H groups in total. The molecule has 24 heavy (non-hydrogen) atoms. The second kappa shape index (κ2) is 6.96. The Labute approximate surface area is 140 Å². The zero-order chi connectivity index (χ0) is 16.9. The van der Waals surface area contributed by atoms with E-state index in [9.17, 15) is 5.11 Å². The van der Waals surface area contributed by atoms with E-state index in [4.69, 9.17) is 4.74 Å². The second-order valence-corrected chi connectivity index (χ2v) is 5.34. The number of fused-ring (bicyclic) bond motifs is 1. The van der Waals surface area contributed by atoms with Crippen molar-refractivity contribution in [3.63, 3.8) is 0 Å². The van der Waals surface area contributed by atoms with Crippen molar-refractivity contribution in [2.45, 2.75) is 6.42 Å². The van der Waals surface area contributed by atoms with Crippen molar-refractivity contribution in [2.24, 2.45) is 4.99 Å². The minimum absolute atomic E-state index is 0.0715. The van der Waals surface area contributed by atoms with Crippen LogP contribution in [0.1, 0.15) is 11.1 Å². The van der Waals surface area contributed by atoms with Crippen molar-refractivity contribution in [1.82, 2.24) is 4.98 Å². The molecule has 0 atom stereocenters. The van der Waals surface area contributed by atoms with Crippen molar-refractivity contribution in [2.75, 3.05) is 7.11 Å². The predicted octanol–water partition coefficient (Wildman–Crippen LogP) is 4.43. The molecule has 0 saturated carbocycles. The van der Waals surface area contributed by atoms with E-state index in [2.05, 4.69) is 16.6 Å². The summed E-state index contributed by atoms with van der Waals surface area (Å²) in [7, 11) is 1.53. The number of hydrogen-bond donors (Lipinski definition) is 1. The van der Waals surface area contributed by atoms with Crippen LogP contribution in [0.5, 0.6) is 11.5 Å². The van der Waals surface area contributed by atoms with Gasteiger partial charge in [0.05, 0.1) is 18.3 Å². The molecule has 0 aliphatic carbocycles. The minimum atomic E-state index is 0.0715. The van der Waals surface area contributed by atoms with Gasteiger partial charge in [0.2, 0.25) is 0 Å². The fourth-order valence-corrected chi connectivity index (χ4v) is 2.56. The Kier molecular flexibility index (Phi) is 4.57. The van der Waals surface area contributed by atoms with E-state index >= 15 is 0 Å². The Hall–Kier alpha value is -3.14. The number of benzene rings is 2. The Bertz CT molecular complexity index is 911. The van der Waals surface area contributed by atoms with Crippen LogP contribution in [-0.2, 0) is 6.42 Å². The van der Waals surface area contributed by atoms with Gasteiger partial charge < -0.3 is 9.84 Å². The number of nitrogens with zero attached hydrogens (tertiary/aromatic N) is 2. The molecule has 2 aromatic carbocycles. The molecular weight excluding hydrogens is 300 g/mol. The first-order chi connectivity index (χ1) is 11.7. The molecule has 0 saturated heterocycles. The SMILES string of the molecule is C=CCc1cc(C=Nc2cccc3cccnc23)c(O)c(OC)c1. The minimum Gasteiger partial charge on any atom is -0.504 e. The topological polar surface area (TPSA) is 54.7 Å². The number of ether oxygens (including phenoxy) is 1. The van der Waals surface area contributed by atoms with Gasteiger partial charge in [-0.1, -0.05) is 24.3 Å². The summed E-state index contributed by atoms with van der Waals surface area (Å²) in [6.07, 6.45) is 5.87. The van der Waals surface area contributed by atoms with Crippen LogP contribution in [0.3, 0.4) is 0 Å². The summed E-state index contributed by atoms with van der Waals surface area (Å²) in [5.41, 5.74) is 3.17. The molecule has 0 bridgehead atoms. The third kappa shape index (κ3) is 3.13. The van der Waals surface area contributed by atoms with E-state index in [1.807, 2.05) is 36.4 Å². The third-order valence-electron chi connectivity index (χ3n) is 3.72. The van der Waals surface area contributed by atoms with Crippen LogP contribution < -0.4 is 4.74 Å². The van der Waals surface area contributed by atoms with Gasteiger partial charge in [0.1, 0.15) is 0 Å². The first-order valence-corrected chi connectivity index (χ1v) is 7.61. The van der Waals surface area contributed by atoms with E-state index < -0.39 is 0 Å². The van der Waals surface area contributed by atoms with Crippen LogP contribution in [0.4, 0.5) is 5.69 Å². The summed E-state index contributed by atoms with van der Waals surface area (Å²) >= 11 is 0. The lowest BCUT2D eigenvalue weighted by Crippen LogP contribution is -1.93. The lowest BCUT2D eigenvalue weighted by molar-refractivity contribution is 0.372. The number of pyridine rings is 1. The van der Waals surface area contributed by atoms with Crippen LogP contribution in [0.25, 0.3) is 10.9 Å². The van der Waals surface area contributed by atoms with Gasteiger partial charge in [0, 0.05) is 23.4 Å². The van der Waals surface area contributed by atoms with Gasteiger partial charge in [0.15, 0.2) is 11.5 Å². The molecule has 0 spiro atoms. The van der Waals surface area contributed by atoms with Crippen LogP contribution in [0.15, 0.2) is 66.3 Å². The van der Waals surface area contributed by atoms with Crippen molar-refractivity contribution in [1.29, 1.82) is 0 Å². The molecule has 3 rings (SSSR count). The number of aliphatic imine (C=N–C) groups is 1. The number of hydrogen-bond acceptors (Lipinski definition) is 4. The first kappa shape index (κ1) is 15.7. The van der Waals surface area contributed by atoms with Gasteiger partial charge in [-0.2, -0.15) is 0 Å². The number of para-hydroxylation sites is 1. The normalized spacial score (nSPS) is 11.0. The summed E-state index contributed by atoms with van der Waals surface area (Å²) in [5, 5.41) is 11.3. The van der Waals surface area contributed by atoms with Crippen molar-refractivity contribution >= 4 is 22.8 Å². The maximum absolute atomic E-state index is 10.3. The van der Waals surface area contributed by atoms with Gasteiger partial charge in [-0.3, -0.25) is 9.98 Å². The van der Waals surface area contributed by atoms with Crippen LogP contribution in [-0.4, -0.2) is 23.4 Å². The largest absolute Gasteiger partial charge is 0.504 e. The number of aromatic nitrogens is 1. The highest BCUT2D eigenvalue weighted by Gasteiger charge is 2.09. The molecule has 0 aliphatic rings. The average Bonchev–Trinajstić information content (AvgIpc) is 2.62. The van der Waals surface area contributed by atoms with Crippen LogP contribution in [0, 0.1) is 0 Å². The summed E-state index contributed by atoms with van der Waals surface area (Å²) in [6, 6.07) is 13.4. The quantitative estimate of drug-likeness (QED) is 0.559. The van der Waals surface area contributed by atoms with Crippen molar-refractivity contribution in [3.8, 4) is 11.5 Å². The zero-order valence-corrected chi connectivity index (χ0v) is 13.4. The van der Waals surface area contributed by atoms with Crippen molar-refractivity contribution < 1.29 is 9.84 Å². The molecule has 0 aliphatic heterocycles. The van der Waals surface area contributed by atoms with Gasteiger partial charge in [-0.15, -0.1) is 6.58 Å². The number of phenolic OH excluding ortho intramolecular Hbond substituents is 1. The standard InChI is InChI=1S/C20H18N2O2/c1-3-6-14-11-16(20(23)18(12-14)24-2)13-22-17-9-4-7-15-8-5-10-21-19(15)17/h3-5,7-13,23H,1,6H2,2H3. The highest BCUT2D eigenvalue weighted by Crippen LogP contribution is 2.31. The lowest BCUT2D eigenvalue weighted by atomic mass is 10.1. The van der Waals surface area contributed by atoms with Crippen LogP contribution >= 0.6 is 0 Å². The smallest absolute Gasteiger partial charge is 0.166 e. The van der Waals surface area contributed by atoms with E-state index in [1.165, 1.54) is 7.11 Å². The number of phenols is 1. The maximum atomic E-state index is 10.3. The monoisotopic (exact) mass is 318 g/mol. The second-order valence-electron chi connectivity index (χ2n) is 5.34. The van der Waals surface area contributed by atoms with E-state index in [1.54, 1.807) is 24.6 Å². The molecule has 0 amide bonds. The number of aromatic hydroxyl groups is 1. The Balaban J connectivity index is 2.04. The predicted molar refractivity (Wildman–Crippen MR) is 97.6 cm³/mol. The molecule has 0 unspecified atom stereocenters. The molecule has 4 heteroatoms. The number of allylic oxidation sites excluding steroid dienone is 1. The first-order valence-electron chi connectivity index (χ1n) is 7.61.